The van der Waals surface area contributed by atoms with Crippen LogP contribution in [0.15, 0.2) is 48.9 Å². The number of benzene rings is 1. The van der Waals surface area contributed by atoms with Crippen molar-refractivity contribution in [3.8, 4) is 11.8 Å². The Labute approximate surface area is 180 Å². The minimum absolute atomic E-state index is 0.00587. The number of amides is 1. The first-order valence-corrected chi connectivity index (χ1v) is 10.5. The van der Waals surface area contributed by atoms with Gasteiger partial charge in [0.05, 0.1) is 41.3 Å². The fraction of sp³-hybridized carbons (Fsp3) is 0.348. The van der Waals surface area contributed by atoms with Crippen molar-refractivity contribution in [1.82, 2.24) is 24.9 Å². The second-order valence-electron chi connectivity index (χ2n) is 8.10. The Hall–Kier alpha value is -3.73. The van der Waals surface area contributed by atoms with Crippen LogP contribution in [0.25, 0.3) is 5.69 Å². The number of aromatic nitrogens is 4. The predicted molar refractivity (Wildman–Crippen MR) is 115 cm³/mol. The summed E-state index contributed by atoms with van der Waals surface area (Å²) < 4.78 is 0. The number of carbonyl (C=O) groups excluding carboxylic acids is 1. The summed E-state index contributed by atoms with van der Waals surface area (Å²) in [6.45, 7) is 4.22. The molecule has 0 aliphatic carbocycles. The van der Waals surface area contributed by atoms with Gasteiger partial charge in [0.25, 0.3) is 5.91 Å². The van der Waals surface area contributed by atoms with E-state index in [9.17, 15) is 10.1 Å². The van der Waals surface area contributed by atoms with E-state index in [2.05, 4.69) is 26.2 Å². The van der Waals surface area contributed by atoms with Crippen molar-refractivity contribution in [2.45, 2.75) is 25.8 Å². The molecule has 8 nitrogen and oxygen atoms in total. The monoisotopic (exact) mass is 413 g/mol. The molecule has 0 spiro atoms. The summed E-state index contributed by atoms with van der Waals surface area (Å²) in [6, 6.07) is 11.7. The van der Waals surface area contributed by atoms with Gasteiger partial charge in [0, 0.05) is 31.4 Å². The standard InChI is InChI=1S/C23H23N7O/c1-16-18(14-24)6-9-25-22(16)29-13-8-17-7-12-28(15-21(17)29)23(31)19-4-2-3-5-20(19)30-26-10-11-27-30/h2-6,9-11,17,21H,7-8,12-13,15H2,1H3/t17-,21-/m1/s1. The lowest BCUT2D eigenvalue weighted by atomic mass is 9.91. The maximum Gasteiger partial charge on any atom is 0.256 e. The number of hydrogen-bond acceptors (Lipinski definition) is 6. The second kappa shape index (κ2) is 7.84. The van der Waals surface area contributed by atoms with Crippen molar-refractivity contribution in [2.75, 3.05) is 24.5 Å². The molecular weight excluding hydrogens is 390 g/mol. The highest BCUT2D eigenvalue weighted by Crippen LogP contribution is 2.36. The van der Waals surface area contributed by atoms with E-state index in [1.165, 1.54) is 4.80 Å². The smallest absolute Gasteiger partial charge is 0.256 e. The fourth-order valence-electron chi connectivity index (χ4n) is 4.86. The molecule has 0 bridgehead atoms. The van der Waals surface area contributed by atoms with Crippen molar-refractivity contribution >= 4 is 11.7 Å². The average Bonchev–Trinajstić information content (AvgIpc) is 3.49. The number of pyridine rings is 1. The number of fused-ring (bicyclic) bond motifs is 1. The van der Waals surface area contributed by atoms with Gasteiger partial charge in [0.2, 0.25) is 0 Å². The zero-order chi connectivity index (χ0) is 21.4. The third kappa shape index (κ3) is 3.32. The van der Waals surface area contributed by atoms with E-state index in [-0.39, 0.29) is 11.9 Å². The Morgan fingerprint density at radius 1 is 1.10 bits per heavy atom. The summed E-state index contributed by atoms with van der Waals surface area (Å²) in [5.41, 5.74) is 2.84. The molecule has 4 heterocycles. The van der Waals surface area contributed by atoms with E-state index in [1.807, 2.05) is 36.1 Å². The molecule has 2 aromatic heterocycles. The van der Waals surface area contributed by atoms with Gasteiger partial charge in [-0.05, 0) is 43.9 Å². The molecule has 3 aromatic rings. The molecule has 156 valence electrons. The van der Waals surface area contributed by atoms with E-state index in [0.717, 1.165) is 37.3 Å². The highest BCUT2D eigenvalue weighted by molar-refractivity contribution is 5.97. The van der Waals surface area contributed by atoms with Crippen molar-refractivity contribution in [2.24, 2.45) is 5.92 Å². The van der Waals surface area contributed by atoms with Crippen molar-refractivity contribution in [3.05, 3.63) is 65.6 Å². The lowest BCUT2D eigenvalue weighted by Crippen LogP contribution is -2.50. The Morgan fingerprint density at radius 3 is 2.68 bits per heavy atom. The molecule has 0 radical (unpaired) electrons. The zero-order valence-corrected chi connectivity index (χ0v) is 17.3. The molecule has 2 saturated heterocycles. The summed E-state index contributed by atoms with van der Waals surface area (Å²) in [7, 11) is 0. The van der Waals surface area contributed by atoms with Crippen LogP contribution in [0.3, 0.4) is 0 Å². The molecule has 2 aliphatic heterocycles. The second-order valence-corrected chi connectivity index (χ2v) is 8.10. The van der Waals surface area contributed by atoms with Crippen LogP contribution in [0, 0.1) is 24.2 Å². The molecule has 1 amide bonds. The first-order valence-electron chi connectivity index (χ1n) is 10.5. The number of para-hydroxylation sites is 1. The van der Waals surface area contributed by atoms with Gasteiger partial charge in [-0.25, -0.2) is 4.98 Å². The van der Waals surface area contributed by atoms with Crippen LogP contribution in [0.5, 0.6) is 0 Å². The summed E-state index contributed by atoms with van der Waals surface area (Å²) in [4.78, 5) is 23.8. The Balaban J connectivity index is 1.42. The molecule has 8 heteroatoms. The molecule has 1 aromatic carbocycles. The first-order chi connectivity index (χ1) is 15.2. The van der Waals surface area contributed by atoms with E-state index in [0.29, 0.717) is 29.3 Å². The number of nitriles is 1. The molecule has 2 aliphatic rings. The minimum atomic E-state index is -0.00587. The van der Waals surface area contributed by atoms with Gasteiger partial charge in [0.15, 0.2) is 0 Å². The fourth-order valence-corrected chi connectivity index (χ4v) is 4.86. The van der Waals surface area contributed by atoms with Gasteiger partial charge in [0.1, 0.15) is 5.82 Å². The molecular formula is C23H23N7O. The van der Waals surface area contributed by atoms with E-state index < -0.39 is 0 Å². The Kier molecular flexibility index (Phi) is 4.86. The topological polar surface area (TPSA) is 90.9 Å². The van der Waals surface area contributed by atoms with Crippen molar-refractivity contribution < 1.29 is 4.79 Å². The van der Waals surface area contributed by atoms with Crippen LogP contribution in [-0.4, -0.2) is 56.5 Å². The number of anilines is 1. The van der Waals surface area contributed by atoms with Crippen LogP contribution in [0.1, 0.15) is 34.3 Å². The van der Waals surface area contributed by atoms with Crippen molar-refractivity contribution in [1.29, 1.82) is 5.26 Å². The lowest BCUT2D eigenvalue weighted by Gasteiger charge is -2.39. The van der Waals surface area contributed by atoms with Gasteiger partial charge in [-0.3, -0.25) is 4.79 Å². The number of piperidine rings is 1. The summed E-state index contributed by atoms with van der Waals surface area (Å²) in [6.07, 6.45) is 6.96. The predicted octanol–water partition coefficient (Wildman–Crippen LogP) is 2.58. The molecule has 0 N–H and O–H groups in total. The molecule has 0 unspecified atom stereocenters. The third-order valence-corrected chi connectivity index (χ3v) is 6.49. The Bertz CT molecular complexity index is 1150. The largest absolute Gasteiger partial charge is 0.351 e. The number of hydrogen-bond donors (Lipinski definition) is 0. The lowest BCUT2D eigenvalue weighted by molar-refractivity contribution is 0.0678. The highest BCUT2D eigenvalue weighted by Gasteiger charge is 2.41. The quantitative estimate of drug-likeness (QED) is 0.655. The third-order valence-electron chi connectivity index (χ3n) is 6.49. The minimum Gasteiger partial charge on any atom is -0.351 e. The maximum absolute atomic E-state index is 13.5. The molecule has 0 saturated carbocycles. The van der Waals surface area contributed by atoms with Crippen LogP contribution < -0.4 is 4.90 Å². The van der Waals surface area contributed by atoms with E-state index in [1.54, 1.807) is 24.7 Å². The van der Waals surface area contributed by atoms with Gasteiger partial charge in [-0.2, -0.15) is 20.3 Å². The van der Waals surface area contributed by atoms with Crippen LogP contribution in [0.4, 0.5) is 5.82 Å². The Morgan fingerprint density at radius 2 is 1.87 bits per heavy atom. The van der Waals surface area contributed by atoms with E-state index >= 15 is 0 Å². The van der Waals surface area contributed by atoms with Gasteiger partial charge < -0.3 is 9.80 Å². The summed E-state index contributed by atoms with van der Waals surface area (Å²) in [5.74, 6) is 1.38. The van der Waals surface area contributed by atoms with Gasteiger partial charge in [-0.1, -0.05) is 12.1 Å². The van der Waals surface area contributed by atoms with Crippen LogP contribution in [0.2, 0.25) is 0 Å². The zero-order valence-electron chi connectivity index (χ0n) is 17.3. The average molecular weight is 413 g/mol. The van der Waals surface area contributed by atoms with Crippen LogP contribution >= 0.6 is 0 Å². The van der Waals surface area contributed by atoms with Crippen LogP contribution in [-0.2, 0) is 0 Å². The molecule has 2 fully saturated rings. The number of carbonyl (C=O) groups is 1. The number of nitrogens with zero attached hydrogens (tertiary/aromatic N) is 7. The normalized spacial score (nSPS) is 20.4. The highest BCUT2D eigenvalue weighted by atomic mass is 16.2. The van der Waals surface area contributed by atoms with Crippen molar-refractivity contribution in [3.63, 3.8) is 0 Å². The molecule has 2 atom stereocenters. The number of rotatable bonds is 3. The summed E-state index contributed by atoms with van der Waals surface area (Å²) >= 11 is 0. The summed E-state index contributed by atoms with van der Waals surface area (Å²) in [5, 5.41) is 17.8. The first kappa shape index (κ1) is 19.2. The van der Waals surface area contributed by atoms with Gasteiger partial charge in [-0.15, -0.1) is 0 Å². The molecule has 5 rings (SSSR count). The SMILES string of the molecule is Cc1c(C#N)ccnc1N1CC[C@H]2CCN(C(=O)c3ccccc3-n3nccn3)C[C@H]21. The maximum atomic E-state index is 13.5. The number of likely N-dealkylation sites (tertiary alicyclic amines) is 1. The van der Waals surface area contributed by atoms with E-state index in [4.69, 9.17) is 0 Å². The van der Waals surface area contributed by atoms with Gasteiger partial charge >= 0.3 is 0 Å². The molecule has 31 heavy (non-hydrogen) atoms.